The fourth-order valence-electron chi connectivity index (χ4n) is 0.730. The highest BCUT2D eigenvalue weighted by molar-refractivity contribution is 14.1. The van der Waals surface area contributed by atoms with Crippen LogP contribution in [0.1, 0.15) is 6.42 Å². The Labute approximate surface area is 99.1 Å². The Hall–Kier alpha value is -0.310. The van der Waals surface area contributed by atoms with E-state index in [1.165, 1.54) is 14.1 Å². The van der Waals surface area contributed by atoms with Crippen LogP contribution in [-0.4, -0.2) is 42.3 Å². The zero-order chi connectivity index (χ0) is 12.2. The van der Waals surface area contributed by atoms with Gasteiger partial charge in [0.25, 0.3) is 5.91 Å². The first-order valence-corrected chi connectivity index (χ1v) is 5.06. The second kappa shape index (κ2) is 5.69. The van der Waals surface area contributed by atoms with Crippen LogP contribution in [0.15, 0.2) is 9.66 Å². The van der Waals surface area contributed by atoms with Crippen molar-refractivity contribution in [2.24, 2.45) is 0 Å². The predicted molar refractivity (Wildman–Crippen MR) is 57.5 cm³/mol. The Bertz CT molecular complexity index is 263. The molecule has 0 aliphatic rings. The number of amides is 1. The highest BCUT2D eigenvalue weighted by Gasteiger charge is 2.31. The molecule has 3 nitrogen and oxygen atoms in total. The average Bonchev–Trinajstić information content (AvgIpc) is 2.10. The Morgan fingerprint density at radius 3 is 2.33 bits per heavy atom. The van der Waals surface area contributed by atoms with Gasteiger partial charge in [-0.3, -0.25) is 4.79 Å². The smallest absolute Gasteiger partial charge is 0.383 e. The van der Waals surface area contributed by atoms with Crippen molar-refractivity contribution >= 4 is 28.5 Å². The number of allylic oxidation sites excluding steroid dienone is 1. The van der Waals surface area contributed by atoms with Gasteiger partial charge >= 0.3 is 6.18 Å². The van der Waals surface area contributed by atoms with Crippen LogP contribution in [0.25, 0.3) is 0 Å². The molecule has 0 aromatic carbocycles. The van der Waals surface area contributed by atoms with E-state index in [0.717, 1.165) is 33.6 Å². The first kappa shape index (κ1) is 14.7. The molecule has 0 saturated carbocycles. The zero-order valence-corrected chi connectivity index (χ0v) is 10.3. The number of likely N-dealkylation sites (N-methyl/N-ethyl adjacent to an activating group) is 1. The van der Waals surface area contributed by atoms with Gasteiger partial charge in [0.2, 0.25) is 0 Å². The van der Waals surface area contributed by atoms with Gasteiger partial charge in [-0.15, -0.1) is 0 Å². The minimum absolute atomic E-state index is 0.338. The van der Waals surface area contributed by atoms with Crippen LogP contribution < -0.4 is 0 Å². The molecule has 1 amide bonds. The number of nitrogens with zero attached hydrogens (tertiary/aromatic N) is 1. The van der Waals surface area contributed by atoms with E-state index in [-0.39, 0.29) is 6.42 Å². The monoisotopic (exact) mass is 337 g/mol. The topological polar surface area (TPSA) is 40.5 Å². The van der Waals surface area contributed by atoms with Crippen LogP contribution in [0.5, 0.6) is 0 Å². The third kappa shape index (κ3) is 5.36. The van der Waals surface area contributed by atoms with E-state index in [0.29, 0.717) is 0 Å². The van der Waals surface area contributed by atoms with E-state index in [1.54, 1.807) is 0 Å². The lowest BCUT2D eigenvalue weighted by atomic mass is 10.2. The SMILES string of the molecule is CN(C)C(=O)[C@@H](O)C/C=C(\I)C(F)(F)F. The molecule has 0 radical (unpaired) electrons. The maximum Gasteiger partial charge on any atom is 0.421 e. The standard InChI is InChI=1S/C8H11F3INO2/c1-13(2)7(15)5(14)3-4-6(12)8(9,10)11/h4-5,14H,3H2,1-2H3/b6-4-/t5-/m0/s1. The van der Waals surface area contributed by atoms with E-state index >= 15 is 0 Å². The summed E-state index contributed by atoms with van der Waals surface area (Å²) in [5.41, 5.74) is 0. The van der Waals surface area contributed by atoms with Crippen molar-refractivity contribution in [2.45, 2.75) is 18.7 Å². The quantitative estimate of drug-likeness (QED) is 0.797. The third-order valence-corrected chi connectivity index (χ3v) is 2.57. The first-order valence-electron chi connectivity index (χ1n) is 3.98. The van der Waals surface area contributed by atoms with Crippen LogP contribution in [0.4, 0.5) is 13.2 Å². The summed E-state index contributed by atoms with van der Waals surface area (Å²) in [6.07, 6.45) is -5.38. The molecule has 0 fully saturated rings. The number of carbonyl (C=O) groups is 1. The van der Waals surface area contributed by atoms with Gasteiger partial charge in [0, 0.05) is 20.5 Å². The molecule has 0 saturated heterocycles. The molecule has 0 spiro atoms. The molecule has 0 aliphatic heterocycles. The van der Waals surface area contributed by atoms with Crippen LogP contribution >= 0.6 is 22.6 Å². The second-order valence-corrected chi connectivity index (χ2v) is 4.20. The summed E-state index contributed by atoms with van der Waals surface area (Å²) in [6.45, 7) is 0. The molecule has 15 heavy (non-hydrogen) atoms. The summed E-state index contributed by atoms with van der Waals surface area (Å²) in [5.74, 6) is -0.613. The van der Waals surface area contributed by atoms with Crippen molar-refractivity contribution in [3.05, 3.63) is 9.66 Å². The molecule has 0 aromatic heterocycles. The van der Waals surface area contributed by atoms with E-state index in [1.807, 2.05) is 0 Å². The number of aliphatic hydroxyl groups excluding tert-OH is 1. The van der Waals surface area contributed by atoms with Gasteiger partial charge in [-0.05, 0) is 22.6 Å². The number of rotatable bonds is 3. The zero-order valence-electron chi connectivity index (χ0n) is 8.18. The molecule has 7 heteroatoms. The minimum Gasteiger partial charge on any atom is -0.383 e. The number of alkyl halides is 3. The van der Waals surface area contributed by atoms with E-state index in [9.17, 15) is 23.1 Å². The summed E-state index contributed by atoms with van der Waals surface area (Å²) < 4.78 is 35.2. The maximum atomic E-state index is 12.0. The predicted octanol–water partition coefficient (Wildman–Crippen LogP) is 1.71. The lowest BCUT2D eigenvalue weighted by Crippen LogP contribution is -2.33. The van der Waals surface area contributed by atoms with Crippen molar-refractivity contribution in [3.8, 4) is 0 Å². The number of halogens is 4. The molecular weight excluding hydrogens is 326 g/mol. The van der Waals surface area contributed by atoms with Crippen molar-refractivity contribution in [1.82, 2.24) is 4.90 Å². The molecular formula is C8H11F3INO2. The van der Waals surface area contributed by atoms with E-state index < -0.39 is 21.8 Å². The van der Waals surface area contributed by atoms with Crippen LogP contribution in [0.2, 0.25) is 0 Å². The fraction of sp³-hybridized carbons (Fsp3) is 0.625. The highest BCUT2D eigenvalue weighted by atomic mass is 127. The molecule has 0 rings (SSSR count). The van der Waals surface area contributed by atoms with Gasteiger partial charge in [0.1, 0.15) is 6.10 Å². The Morgan fingerprint density at radius 1 is 1.53 bits per heavy atom. The molecule has 0 aliphatic carbocycles. The Morgan fingerprint density at radius 2 is 2.00 bits per heavy atom. The van der Waals surface area contributed by atoms with Crippen molar-refractivity contribution < 1.29 is 23.1 Å². The summed E-state index contributed by atoms with van der Waals surface area (Å²) in [5, 5.41) is 9.20. The summed E-state index contributed by atoms with van der Waals surface area (Å²) in [6, 6.07) is 0. The molecule has 0 heterocycles. The van der Waals surface area contributed by atoms with Gasteiger partial charge in [-0.2, -0.15) is 13.2 Å². The molecule has 0 unspecified atom stereocenters. The Balaban J connectivity index is 4.33. The van der Waals surface area contributed by atoms with Crippen molar-refractivity contribution in [2.75, 3.05) is 14.1 Å². The van der Waals surface area contributed by atoms with Crippen LogP contribution in [0.3, 0.4) is 0 Å². The lowest BCUT2D eigenvalue weighted by molar-refractivity contribution is -0.137. The average molecular weight is 337 g/mol. The number of carbonyl (C=O) groups excluding carboxylic acids is 1. The van der Waals surface area contributed by atoms with Crippen LogP contribution in [0, 0.1) is 0 Å². The lowest BCUT2D eigenvalue weighted by Gasteiger charge is -2.14. The largest absolute Gasteiger partial charge is 0.421 e. The highest BCUT2D eigenvalue weighted by Crippen LogP contribution is 2.30. The van der Waals surface area contributed by atoms with E-state index in [2.05, 4.69) is 0 Å². The van der Waals surface area contributed by atoms with Gasteiger partial charge < -0.3 is 10.0 Å². The molecule has 1 atom stereocenters. The number of aliphatic hydroxyl groups is 1. The summed E-state index contributed by atoms with van der Waals surface area (Å²) in [7, 11) is 2.84. The summed E-state index contributed by atoms with van der Waals surface area (Å²) >= 11 is 1.12. The third-order valence-electron chi connectivity index (χ3n) is 1.52. The van der Waals surface area contributed by atoms with Gasteiger partial charge in [0.15, 0.2) is 0 Å². The van der Waals surface area contributed by atoms with Gasteiger partial charge in [-0.1, -0.05) is 6.08 Å². The normalized spacial score (nSPS) is 15.0. The number of hydrogen-bond acceptors (Lipinski definition) is 2. The molecule has 88 valence electrons. The molecule has 1 N–H and O–H groups in total. The van der Waals surface area contributed by atoms with E-state index in [4.69, 9.17) is 0 Å². The Kier molecular flexibility index (Phi) is 5.57. The van der Waals surface area contributed by atoms with Gasteiger partial charge in [0.05, 0.1) is 3.58 Å². The molecule has 0 bridgehead atoms. The minimum atomic E-state index is -4.42. The fourth-order valence-corrected chi connectivity index (χ4v) is 0.984. The van der Waals surface area contributed by atoms with Crippen molar-refractivity contribution in [1.29, 1.82) is 0 Å². The summed E-state index contributed by atoms with van der Waals surface area (Å²) in [4.78, 5) is 12.2. The maximum absolute atomic E-state index is 12.0. The van der Waals surface area contributed by atoms with Gasteiger partial charge in [-0.25, -0.2) is 0 Å². The second-order valence-electron chi connectivity index (χ2n) is 3.03. The first-order chi connectivity index (χ1) is 6.66. The van der Waals surface area contributed by atoms with Crippen molar-refractivity contribution in [3.63, 3.8) is 0 Å². The number of hydrogen-bond donors (Lipinski definition) is 1. The molecule has 0 aromatic rings. The van der Waals surface area contributed by atoms with Crippen LogP contribution in [-0.2, 0) is 4.79 Å².